The van der Waals surface area contributed by atoms with E-state index in [1.807, 2.05) is 18.2 Å². The number of nitrogens with zero attached hydrogens (tertiary/aromatic N) is 1. The molecule has 8 heteroatoms. The second kappa shape index (κ2) is 7.43. The predicted molar refractivity (Wildman–Crippen MR) is 103 cm³/mol. The van der Waals surface area contributed by atoms with Crippen LogP contribution in [-0.4, -0.2) is 16.8 Å². The lowest BCUT2D eigenvalue weighted by molar-refractivity contribution is 0.0977. The van der Waals surface area contributed by atoms with Crippen LogP contribution in [0.2, 0.25) is 0 Å². The first-order valence-electron chi connectivity index (χ1n) is 8.53. The summed E-state index contributed by atoms with van der Waals surface area (Å²) < 4.78 is 24.5. The van der Waals surface area contributed by atoms with Gasteiger partial charge in [-0.15, -0.1) is 0 Å². The summed E-state index contributed by atoms with van der Waals surface area (Å²) in [5.41, 5.74) is 5.74. The third kappa shape index (κ3) is 3.77. The number of carbonyl (C=O) groups is 2. The maximum Gasteiger partial charge on any atom is 0.286 e. The largest absolute Gasteiger partial charge is 0.449 e. The number of nitrogens with two attached hydrogens (primary N) is 1. The Morgan fingerprint density at radius 2 is 1.86 bits per heavy atom. The SMILES string of the molecule is NC(=O)c1oc2ccc(F)cc2c1NC(=O)c1ccc(Oc2ccccc2)nc1. The van der Waals surface area contributed by atoms with E-state index in [2.05, 4.69) is 10.3 Å². The number of amides is 2. The Kier molecular flexibility index (Phi) is 4.66. The van der Waals surface area contributed by atoms with E-state index in [9.17, 15) is 14.0 Å². The molecule has 0 aliphatic heterocycles. The van der Waals surface area contributed by atoms with Crippen molar-refractivity contribution in [3.63, 3.8) is 0 Å². The molecule has 2 heterocycles. The van der Waals surface area contributed by atoms with Crippen molar-refractivity contribution in [1.29, 1.82) is 0 Å². The standard InChI is InChI=1S/C21H14FN3O4/c22-13-7-8-16-15(10-13)18(19(29-16)20(23)26)25-21(27)12-6-9-17(24-11-12)28-14-4-2-1-3-5-14/h1-11H,(H2,23,26)(H,25,27). The van der Waals surface area contributed by atoms with E-state index in [4.69, 9.17) is 14.9 Å². The van der Waals surface area contributed by atoms with Crippen molar-refractivity contribution >= 4 is 28.5 Å². The van der Waals surface area contributed by atoms with Crippen LogP contribution in [0.1, 0.15) is 20.9 Å². The average Bonchev–Trinajstić information content (AvgIpc) is 3.07. The van der Waals surface area contributed by atoms with Crippen molar-refractivity contribution in [3.05, 3.63) is 84.0 Å². The van der Waals surface area contributed by atoms with Crippen LogP contribution in [0.15, 0.2) is 71.3 Å². The molecular formula is C21H14FN3O4. The van der Waals surface area contributed by atoms with E-state index in [-0.39, 0.29) is 28.0 Å². The Balaban J connectivity index is 1.59. The number of para-hydroxylation sites is 1. The number of carbonyl (C=O) groups excluding carboxylic acids is 2. The maximum atomic E-state index is 13.6. The molecule has 3 N–H and O–H groups in total. The highest BCUT2D eigenvalue weighted by molar-refractivity contribution is 6.14. The molecule has 0 radical (unpaired) electrons. The van der Waals surface area contributed by atoms with E-state index in [1.165, 1.54) is 30.5 Å². The van der Waals surface area contributed by atoms with Crippen LogP contribution in [0.3, 0.4) is 0 Å². The Bertz CT molecular complexity index is 1200. The van der Waals surface area contributed by atoms with Gasteiger partial charge in [-0.1, -0.05) is 18.2 Å². The lowest BCUT2D eigenvalue weighted by Gasteiger charge is -2.07. The van der Waals surface area contributed by atoms with Crippen molar-refractivity contribution in [2.45, 2.75) is 0 Å². The lowest BCUT2D eigenvalue weighted by Crippen LogP contribution is -2.17. The van der Waals surface area contributed by atoms with Gasteiger partial charge in [0, 0.05) is 17.6 Å². The monoisotopic (exact) mass is 391 g/mol. The number of anilines is 1. The molecule has 7 nitrogen and oxygen atoms in total. The average molecular weight is 391 g/mol. The zero-order valence-corrected chi connectivity index (χ0v) is 14.9. The molecule has 2 aromatic heterocycles. The van der Waals surface area contributed by atoms with E-state index >= 15 is 0 Å². The minimum Gasteiger partial charge on any atom is -0.449 e. The Hall–Kier alpha value is -4.20. The minimum absolute atomic E-state index is 0.00149. The number of aromatic nitrogens is 1. The molecule has 0 aliphatic carbocycles. The highest BCUT2D eigenvalue weighted by Crippen LogP contribution is 2.31. The van der Waals surface area contributed by atoms with E-state index in [1.54, 1.807) is 12.1 Å². The van der Waals surface area contributed by atoms with Crippen LogP contribution in [0, 0.1) is 5.82 Å². The molecule has 144 valence electrons. The summed E-state index contributed by atoms with van der Waals surface area (Å²) in [4.78, 5) is 28.4. The number of ether oxygens (including phenoxy) is 1. The minimum atomic E-state index is -0.887. The van der Waals surface area contributed by atoms with Gasteiger partial charge in [0.1, 0.15) is 22.8 Å². The Labute approximate surface area is 163 Å². The summed E-state index contributed by atoms with van der Waals surface area (Å²) in [5.74, 6) is -1.36. The molecule has 0 unspecified atom stereocenters. The topological polar surface area (TPSA) is 107 Å². The Morgan fingerprint density at radius 3 is 2.55 bits per heavy atom. The van der Waals surface area contributed by atoms with Gasteiger partial charge in [0.2, 0.25) is 11.6 Å². The number of fused-ring (bicyclic) bond motifs is 1. The molecule has 0 bridgehead atoms. The fourth-order valence-corrected chi connectivity index (χ4v) is 2.74. The molecule has 0 saturated carbocycles. The molecule has 2 amide bonds. The van der Waals surface area contributed by atoms with Crippen molar-refractivity contribution in [2.75, 3.05) is 5.32 Å². The number of hydrogen-bond donors (Lipinski definition) is 2. The second-order valence-electron chi connectivity index (χ2n) is 6.07. The number of nitrogens with one attached hydrogen (secondary N) is 1. The number of rotatable bonds is 5. The van der Waals surface area contributed by atoms with E-state index < -0.39 is 17.6 Å². The third-order valence-corrected chi connectivity index (χ3v) is 4.08. The number of primary amides is 1. The van der Waals surface area contributed by atoms with Gasteiger partial charge in [-0.3, -0.25) is 9.59 Å². The van der Waals surface area contributed by atoms with E-state index in [0.29, 0.717) is 11.6 Å². The summed E-state index contributed by atoms with van der Waals surface area (Å²) in [7, 11) is 0. The van der Waals surface area contributed by atoms with Gasteiger partial charge in [0.15, 0.2) is 0 Å². The van der Waals surface area contributed by atoms with Crippen LogP contribution in [0.25, 0.3) is 11.0 Å². The molecule has 0 atom stereocenters. The van der Waals surface area contributed by atoms with Crippen LogP contribution in [0.4, 0.5) is 10.1 Å². The summed E-state index contributed by atoms with van der Waals surface area (Å²) in [6, 6.07) is 15.8. The van der Waals surface area contributed by atoms with Crippen LogP contribution in [-0.2, 0) is 0 Å². The highest BCUT2D eigenvalue weighted by Gasteiger charge is 2.21. The zero-order valence-electron chi connectivity index (χ0n) is 14.9. The smallest absolute Gasteiger partial charge is 0.286 e. The molecule has 0 saturated heterocycles. The summed E-state index contributed by atoms with van der Waals surface area (Å²) >= 11 is 0. The predicted octanol–water partition coefficient (Wildman–Crippen LogP) is 4.11. The third-order valence-electron chi connectivity index (χ3n) is 4.08. The first-order chi connectivity index (χ1) is 14.0. The van der Waals surface area contributed by atoms with Gasteiger partial charge in [-0.2, -0.15) is 0 Å². The Morgan fingerprint density at radius 1 is 1.07 bits per heavy atom. The first kappa shape index (κ1) is 18.2. The van der Waals surface area contributed by atoms with Crippen molar-refractivity contribution in [3.8, 4) is 11.6 Å². The highest BCUT2D eigenvalue weighted by atomic mass is 19.1. The fraction of sp³-hybridized carbons (Fsp3) is 0. The number of hydrogen-bond acceptors (Lipinski definition) is 5. The molecule has 4 aromatic rings. The van der Waals surface area contributed by atoms with Gasteiger partial charge in [-0.25, -0.2) is 9.37 Å². The van der Waals surface area contributed by atoms with Gasteiger partial charge in [0.05, 0.1) is 5.56 Å². The first-order valence-corrected chi connectivity index (χ1v) is 8.53. The molecule has 29 heavy (non-hydrogen) atoms. The number of benzene rings is 2. The van der Waals surface area contributed by atoms with E-state index in [0.717, 1.165) is 6.07 Å². The van der Waals surface area contributed by atoms with Crippen LogP contribution >= 0.6 is 0 Å². The molecule has 2 aromatic carbocycles. The summed E-state index contributed by atoms with van der Waals surface area (Å²) in [6.07, 6.45) is 1.32. The molecule has 0 spiro atoms. The van der Waals surface area contributed by atoms with Crippen molar-refractivity contribution in [1.82, 2.24) is 4.98 Å². The number of pyridine rings is 1. The fourth-order valence-electron chi connectivity index (χ4n) is 2.74. The lowest BCUT2D eigenvalue weighted by atomic mass is 10.2. The normalized spacial score (nSPS) is 10.7. The summed E-state index contributed by atoms with van der Waals surface area (Å²) in [6.45, 7) is 0. The van der Waals surface area contributed by atoms with Crippen molar-refractivity contribution in [2.24, 2.45) is 5.73 Å². The zero-order chi connectivity index (χ0) is 20.4. The number of halogens is 1. The van der Waals surface area contributed by atoms with Gasteiger partial charge in [0.25, 0.3) is 11.8 Å². The molecular weight excluding hydrogens is 377 g/mol. The maximum absolute atomic E-state index is 13.6. The molecule has 4 rings (SSSR count). The molecule has 0 fully saturated rings. The number of furan rings is 1. The van der Waals surface area contributed by atoms with Gasteiger partial charge in [-0.05, 0) is 36.4 Å². The summed E-state index contributed by atoms with van der Waals surface area (Å²) in [5, 5.41) is 2.77. The van der Waals surface area contributed by atoms with Gasteiger partial charge >= 0.3 is 0 Å². The quantitative estimate of drug-likeness (QED) is 0.532. The van der Waals surface area contributed by atoms with Crippen LogP contribution < -0.4 is 15.8 Å². The van der Waals surface area contributed by atoms with Gasteiger partial charge < -0.3 is 20.2 Å². The second-order valence-corrected chi connectivity index (χ2v) is 6.07. The van der Waals surface area contributed by atoms with Crippen molar-refractivity contribution < 1.29 is 23.1 Å². The van der Waals surface area contributed by atoms with Crippen LogP contribution in [0.5, 0.6) is 11.6 Å². The molecule has 0 aliphatic rings.